The van der Waals surface area contributed by atoms with Gasteiger partial charge in [-0.05, 0) is 12.8 Å². The van der Waals surface area contributed by atoms with Crippen molar-refractivity contribution in [2.75, 3.05) is 6.61 Å². The topological polar surface area (TPSA) is 66.5 Å². The first kappa shape index (κ1) is 20.1. The molecular formula is C18H33NO2. The van der Waals surface area contributed by atoms with Crippen LogP contribution in [-0.2, 0) is 0 Å². The zero-order valence-corrected chi connectivity index (χ0v) is 13.5. The first-order valence-corrected chi connectivity index (χ1v) is 8.26. The van der Waals surface area contributed by atoms with Gasteiger partial charge in [-0.15, -0.1) is 0 Å². The predicted octanol–water partition coefficient (Wildman–Crippen LogP) is 3.48. The van der Waals surface area contributed by atoms with Gasteiger partial charge in [0.2, 0.25) is 0 Å². The summed E-state index contributed by atoms with van der Waals surface area (Å²) in [7, 11) is 0. The fourth-order valence-electron chi connectivity index (χ4n) is 1.95. The lowest BCUT2D eigenvalue weighted by Crippen LogP contribution is -2.36. The Morgan fingerprint density at radius 3 is 2.19 bits per heavy atom. The van der Waals surface area contributed by atoms with Crippen molar-refractivity contribution in [3.8, 4) is 0 Å². The summed E-state index contributed by atoms with van der Waals surface area (Å²) in [4.78, 5) is 0. The minimum atomic E-state index is -0.795. The van der Waals surface area contributed by atoms with Crippen molar-refractivity contribution in [3.05, 3.63) is 36.5 Å². The van der Waals surface area contributed by atoms with Crippen molar-refractivity contribution in [2.45, 2.75) is 70.4 Å². The van der Waals surface area contributed by atoms with Gasteiger partial charge in [0.05, 0.1) is 18.8 Å². The van der Waals surface area contributed by atoms with Crippen LogP contribution in [0.2, 0.25) is 0 Å². The number of unbranched alkanes of at least 4 members (excludes halogenated alkanes) is 7. The van der Waals surface area contributed by atoms with Crippen LogP contribution >= 0.6 is 0 Å². The van der Waals surface area contributed by atoms with Crippen LogP contribution in [0.25, 0.3) is 0 Å². The van der Waals surface area contributed by atoms with Crippen LogP contribution < -0.4 is 5.73 Å². The zero-order chi connectivity index (χ0) is 15.8. The molecule has 0 rings (SSSR count). The second-order valence-corrected chi connectivity index (χ2v) is 5.44. The number of hydrogen-bond acceptors (Lipinski definition) is 3. The molecule has 122 valence electrons. The molecule has 0 bridgehead atoms. The van der Waals surface area contributed by atoms with Crippen LogP contribution in [0.1, 0.15) is 58.3 Å². The minimum absolute atomic E-state index is 0.215. The smallest absolute Gasteiger partial charge is 0.0897 e. The van der Waals surface area contributed by atoms with E-state index in [9.17, 15) is 5.11 Å². The Labute approximate surface area is 130 Å². The van der Waals surface area contributed by atoms with Crippen molar-refractivity contribution in [1.29, 1.82) is 0 Å². The molecule has 0 aliphatic carbocycles. The van der Waals surface area contributed by atoms with E-state index in [0.717, 1.165) is 6.42 Å². The highest BCUT2D eigenvalue weighted by Crippen LogP contribution is 2.08. The summed E-state index contributed by atoms with van der Waals surface area (Å²) in [6.07, 6.45) is 21.0. The molecule has 0 aromatic rings. The van der Waals surface area contributed by atoms with Crippen molar-refractivity contribution >= 4 is 0 Å². The molecule has 0 saturated heterocycles. The van der Waals surface area contributed by atoms with Crippen LogP contribution in [0.5, 0.6) is 0 Å². The fourth-order valence-corrected chi connectivity index (χ4v) is 1.95. The molecule has 0 heterocycles. The molecule has 21 heavy (non-hydrogen) atoms. The number of hydrogen-bond donors (Lipinski definition) is 3. The molecule has 3 nitrogen and oxygen atoms in total. The normalized spacial score (nSPS) is 15.4. The number of aliphatic hydroxyl groups excluding tert-OH is 2. The number of aliphatic hydroxyl groups is 2. The third-order valence-electron chi connectivity index (χ3n) is 3.40. The molecule has 0 saturated carbocycles. The largest absolute Gasteiger partial charge is 0.395 e. The van der Waals surface area contributed by atoms with Crippen molar-refractivity contribution < 1.29 is 10.2 Å². The van der Waals surface area contributed by atoms with E-state index in [-0.39, 0.29) is 6.61 Å². The molecule has 3 heteroatoms. The highest BCUT2D eigenvalue weighted by Gasteiger charge is 2.08. The van der Waals surface area contributed by atoms with Gasteiger partial charge in [-0.3, -0.25) is 0 Å². The summed E-state index contributed by atoms with van der Waals surface area (Å²) in [5.41, 5.74) is 5.47. The van der Waals surface area contributed by atoms with E-state index in [2.05, 4.69) is 13.0 Å². The molecule has 0 fully saturated rings. The van der Waals surface area contributed by atoms with Gasteiger partial charge in [-0.25, -0.2) is 0 Å². The van der Waals surface area contributed by atoms with Crippen molar-refractivity contribution in [1.82, 2.24) is 0 Å². The third-order valence-corrected chi connectivity index (χ3v) is 3.40. The Balaban J connectivity index is 3.50. The summed E-state index contributed by atoms with van der Waals surface area (Å²) < 4.78 is 0. The third kappa shape index (κ3) is 13.8. The molecule has 0 aliphatic heterocycles. The summed E-state index contributed by atoms with van der Waals surface area (Å²) >= 11 is 0. The summed E-state index contributed by atoms with van der Waals surface area (Å²) in [5.74, 6) is 0. The van der Waals surface area contributed by atoms with Gasteiger partial charge in [0.1, 0.15) is 0 Å². The quantitative estimate of drug-likeness (QED) is 0.360. The average molecular weight is 295 g/mol. The Hall–Kier alpha value is -0.900. The van der Waals surface area contributed by atoms with E-state index in [1.807, 2.05) is 18.2 Å². The Bertz CT molecular complexity index is 298. The standard InChI is InChI=1S/C18H33NO2/c1-2-3-4-5-6-7-8-9-10-11-12-13-14-15-18(21)17(19)16-20/h10-15,17-18,20-21H,2-9,16,19H2,1H3/b11-10+,13-12+,15-14+. The maximum absolute atomic E-state index is 9.47. The highest BCUT2D eigenvalue weighted by molar-refractivity contribution is 5.12. The van der Waals surface area contributed by atoms with Crippen LogP contribution in [0, 0.1) is 0 Å². The van der Waals surface area contributed by atoms with Crippen LogP contribution in [-0.4, -0.2) is 29.0 Å². The van der Waals surface area contributed by atoms with Gasteiger partial charge in [-0.2, -0.15) is 0 Å². The average Bonchev–Trinajstić information content (AvgIpc) is 2.50. The zero-order valence-electron chi connectivity index (χ0n) is 13.5. The first-order valence-electron chi connectivity index (χ1n) is 8.26. The lowest BCUT2D eigenvalue weighted by Gasteiger charge is -2.11. The van der Waals surface area contributed by atoms with Crippen LogP contribution in [0.4, 0.5) is 0 Å². The van der Waals surface area contributed by atoms with Gasteiger partial charge >= 0.3 is 0 Å². The SMILES string of the molecule is CCCCCCCCC/C=C/C=C/C=C/C(O)C(N)CO. The van der Waals surface area contributed by atoms with Crippen molar-refractivity contribution in [3.63, 3.8) is 0 Å². The van der Waals surface area contributed by atoms with E-state index in [1.54, 1.807) is 12.2 Å². The molecule has 0 radical (unpaired) electrons. The number of nitrogens with two attached hydrogens (primary N) is 1. The highest BCUT2D eigenvalue weighted by atomic mass is 16.3. The molecular weight excluding hydrogens is 262 g/mol. The number of rotatable bonds is 13. The monoisotopic (exact) mass is 295 g/mol. The molecule has 0 spiro atoms. The molecule has 0 aliphatic rings. The summed E-state index contributed by atoms with van der Waals surface area (Å²) in [5, 5.41) is 18.2. The second-order valence-electron chi connectivity index (χ2n) is 5.44. The van der Waals surface area contributed by atoms with E-state index >= 15 is 0 Å². The van der Waals surface area contributed by atoms with E-state index in [4.69, 9.17) is 10.8 Å². The Kier molecular flexibility index (Phi) is 14.8. The van der Waals surface area contributed by atoms with Gasteiger partial charge < -0.3 is 15.9 Å². The van der Waals surface area contributed by atoms with Crippen LogP contribution in [0.3, 0.4) is 0 Å². The Morgan fingerprint density at radius 2 is 1.52 bits per heavy atom. The van der Waals surface area contributed by atoms with E-state index in [1.165, 1.54) is 44.9 Å². The van der Waals surface area contributed by atoms with Gasteiger partial charge in [0.25, 0.3) is 0 Å². The van der Waals surface area contributed by atoms with Crippen LogP contribution in [0.15, 0.2) is 36.5 Å². The molecule has 2 atom stereocenters. The number of allylic oxidation sites excluding steroid dienone is 5. The minimum Gasteiger partial charge on any atom is -0.395 e. The molecule has 4 N–H and O–H groups in total. The van der Waals surface area contributed by atoms with Gasteiger partial charge in [0.15, 0.2) is 0 Å². The Morgan fingerprint density at radius 1 is 0.905 bits per heavy atom. The van der Waals surface area contributed by atoms with E-state index < -0.39 is 12.1 Å². The lowest BCUT2D eigenvalue weighted by molar-refractivity contribution is 0.144. The maximum atomic E-state index is 9.47. The molecule has 0 amide bonds. The van der Waals surface area contributed by atoms with Gasteiger partial charge in [0, 0.05) is 0 Å². The molecule has 2 unspecified atom stereocenters. The van der Waals surface area contributed by atoms with Gasteiger partial charge in [-0.1, -0.05) is 81.9 Å². The molecule has 0 aromatic heterocycles. The van der Waals surface area contributed by atoms with E-state index in [0.29, 0.717) is 0 Å². The first-order chi connectivity index (χ1) is 10.2. The molecule has 0 aromatic carbocycles. The predicted molar refractivity (Wildman–Crippen MR) is 91.1 cm³/mol. The summed E-state index contributed by atoms with van der Waals surface area (Å²) in [6.45, 7) is 2.03. The summed E-state index contributed by atoms with van der Waals surface area (Å²) in [6, 6.07) is -0.609. The second kappa shape index (κ2) is 15.5. The maximum Gasteiger partial charge on any atom is 0.0897 e. The fraction of sp³-hybridized carbons (Fsp3) is 0.667. The lowest BCUT2D eigenvalue weighted by atomic mass is 10.1. The van der Waals surface area contributed by atoms with Crippen molar-refractivity contribution in [2.24, 2.45) is 5.73 Å².